The molecule has 2 rings (SSSR count). The monoisotopic (exact) mass is 364 g/mol. The van der Waals surface area contributed by atoms with Gasteiger partial charge in [-0.1, -0.05) is 24.3 Å². The fourth-order valence-electron chi connectivity index (χ4n) is 2.18. The van der Waals surface area contributed by atoms with Crippen molar-refractivity contribution in [1.29, 1.82) is 5.26 Å². The molecule has 0 aliphatic rings. The molecule has 0 heterocycles. The molecule has 0 saturated heterocycles. The Bertz CT molecular complexity index is 866. The van der Waals surface area contributed by atoms with E-state index in [-0.39, 0.29) is 5.91 Å². The lowest BCUT2D eigenvalue weighted by Crippen LogP contribution is -2.30. The quantitative estimate of drug-likeness (QED) is 0.600. The second kappa shape index (κ2) is 9.78. The number of nitrogens with one attached hydrogen (secondary N) is 1. The van der Waals surface area contributed by atoms with Gasteiger partial charge < -0.3 is 14.8 Å². The van der Waals surface area contributed by atoms with Crippen molar-refractivity contribution < 1.29 is 19.1 Å². The van der Waals surface area contributed by atoms with Crippen LogP contribution in [0.15, 0.2) is 54.6 Å². The number of nitriles is 1. The van der Waals surface area contributed by atoms with E-state index < -0.39 is 12.1 Å². The summed E-state index contributed by atoms with van der Waals surface area (Å²) in [5.41, 5.74) is 1.76. The highest BCUT2D eigenvalue weighted by Crippen LogP contribution is 2.19. The minimum atomic E-state index is -0.775. The molecule has 0 spiro atoms. The molecule has 0 saturated carbocycles. The van der Waals surface area contributed by atoms with Gasteiger partial charge >= 0.3 is 5.97 Å². The molecule has 1 unspecified atom stereocenters. The minimum absolute atomic E-state index is 0.327. The van der Waals surface area contributed by atoms with Gasteiger partial charge in [0.2, 0.25) is 0 Å². The maximum atomic E-state index is 12.3. The SMILES string of the molecule is CCOC(=O)/C=C/c1ccc(NC(=O)C(C)Oc2ccccc2C#N)cc1. The van der Waals surface area contributed by atoms with E-state index in [1.165, 1.54) is 6.08 Å². The number of carbonyl (C=O) groups excluding carboxylic acids is 2. The molecule has 0 aliphatic heterocycles. The largest absolute Gasteiger partial charge is 0.480 e. The van der Waals surface area contributed by atoms with Crippen molar-refractivity contribution in [3.8, 4) is 11.8 Å². The Morgan fingerprint density at radius 1 is 1.19 bits per heavy atom. The van der Waals surface area contributed by atoms with E-state index in [1.54, 1.807) is 68.5 Å². The van der Waals surface area contributed by atoms with Gasteiger partial charge in [0.1, 0.15) is 11.8 Å². The van der Waals surface area contributed by atoms with Crippen molar-refractivity contribution in [2.75, 3.05) is 11.9 Å². The first kappa shape index (κ1) is 19.7. The van der Waals surface area contributed by atoms with Crippen LogP contribution in [0.3, 0.4) is 0 Å². The van der Waals surface area contributed by atoms with Gasteiger partial charge in [0, 0.05) is 11.8 Å². The Morgan fingerprint density at radius 3 is 2.56 bits per heavy atom. The number of ether oxygens (including phenoxy) is 2. The fraction of sp³-hybridized carbons (Fsp3) is 0.190. The maximum absolute atomic E-state index is 12.3. The molecule has 138 valence electrons. The summed E-state index contributed by atoms with van der Waals surface area (Å²) < 4.78 is 10.4. The van der Waals surface area contributed by atoms with E-state index in [1.807, 2.05) is 6.07 Å². The second-order valence-electron chi connectivity index (χ2n) is 5.56. The van der Waals surface area contributed by atoms with Gasteiger partial charge in [-0.15, -0.1) is 0 Å². The van der Waals surface area contributed by atoms with E-state index in [0.717, 1.165) is 5.56 Å². The number of rotatable bonds is 7. The zero-order chi connectivity index (χ0) is 19.6. The van der Waals surface area contributed by atoms with Gasteiger partial charge in [-0.3, -0.25) is 4.79 Å². The summed E-state index contributed by atoms with van der Waals surface area (Å²) in [7, 11) is 0. The molecular weight excluding hydrogens is 344 g/mol. The van der Waals surface area contributed by atoms with Crippen LogP contribution in [0.2, 0.25) is 0 Å². The number of benzene rings is 2. The molecule has 6 nitrogen and oxygen atoms in total. The summed E-state index contributed by atoms with van der Waals surface area (Å²) in [6.07, 6.45) is 2.20. The highest BCUT2D eigenvalue weighted by atomic mass is 16.5. The molecule has 0 aromatic heterocycles. The average Bonchev–Trinajstić information content (AvgIpc) is 2.68. The van der Waals surface area contributed by atoms with Crippen LogP contribution in [0.4, 0.5) is 5.69 Å². The summed E-state index contributed by atoms with van der Waals surface area (Å²) in [4.78, 5) is 23.6. The zero-order valence-corrected chi connectivity index (χ0v) is 15.1. The van der Waals surface area contributed by atoms with Crippen molar-refractivity contribution in [1.82, 2.24) is 0 Å². The number of hydrogen-bond donors (Lipinski definition) is 1. The predicted molar refractivity (Wildman–Crippen MR) is 102 cm³/mol. The Hall–Kier alpha value is -3.59. The Kier molecular flexibility index (Phi) is 7.15. The Morgan fingerprint density at radius 2 is 1.89 bits per heavy atom. The summed E-state index contributed by atoms with van der Waals surface area (Å²) in [5.74, 6) is -0.377. The number of hydrogen-bond acceptors (Lipinski definition) is 5. The summed E-state index contributed by atoms with van der Waals surface area (Å²) in [5, 5.41) is 11.8. The first-order chi connectivity index (χ1) is 13.0. The lowest BCUT2D eigenvalue weighted by atomic mass is 10.2. The van der Waals surface area contributed by atoms with Gasteiger partial charge in [-0.25, -0.2) is 4.79 Å². The van der Waals surface area contributed by atoms with Crippen molar-refractivity contribution >= 4 is 23.6 Å². The summed E-state index contributed by atoms with van der Waals surface area (Å²) in [6.45, 7) is 3.68. The molecule has 2 aromatic rings. The molecule has 1 N–H and O–H groups in total. The van der Waals surface area contributed by atoms with E-state index >= 15 is 0 Å². The number of esters is 1. The second-order valence-corrected chi connectivity index (χ2v) is 5.56. The predicted octanol–water partition coefficient (Wildman–Crippen LogP) is 3.54. The summed E-state index contributed by atoms with van der Waals surface area (Å²) >= 11 is 0. The van der Waals surface area contributed by atoms with Crippen molar-refractivity contribution in [2.24, 2.45) is 0 Å². The molecule has 0 radical (unpaired) electrons. The van der Waals surface area contributed by atoms with Crippen LogP contribution in [0.5, 0.6) is 5.75 Å². The molecule has 1 amide bonds. The maximum Gasteiger partial charge on any atom is 0.330 e. The average molecular weight is 364 g/mol. The van der Waals surface area contributed by atoms with Crippen LogP contribution < -0.4 is 10.1 Å². The van der Waals surface area contributed by atoms with Crippen molar-refractivity contribution in [3.63, 3.8) is 0 Å². The number of para-hydroxylation sites is 1. The van der Waals surface area contributed by atoms with Crippen LogP contribution in [0.25, 0.3) is 6.08 Å². The Labute approximate surface area is 158 Å². The lowest BCUT2D eigenvalue weighted by Gasteiger charge is -2.15. The smallest absolute Gasteiger partial charge is 0.330 e. The number of nitrogens with zero attached hydrogens (tertiary/aromatic N) is 1. The van der Waals surface area contributed by atoms with Crippen LogP contribution in [-0.2, 0) is 14.3 Å². The number of anilines is 1. The van der Waals surface area contributed by atoms with E-state index in [0.29, 0.717) is 23.6 Å². The van der Waals surface area contributed by atoms with Crippen molar-refractivity contribution in [3.05, 3.63) is 65.7 Å². The molecule has 27 heavy (non-hydrogen) atoms. The number of amides is 1. The number of carbonyl (C=O) groups is 2. The van der Waals surface area contributed by atoms with Gasteiger partial charge in [0.05, 0.1) is 12.2 Å². The van der Waals surface area contributed by atoms with Gasteiger partial charge in [0.15, 0.2) is 6.10 Å². The molecule has 2 aromatic carbocycles. The van der Waals surface area contributed by atoms with Crippen LogP contribution in [0.1, 0.15) is 25.0 Å². The normalized spacial score (nSPS) is 11.4. The summed E-state index contributed by atoms with van der Waals surface area (Å²) in [6, 6.07) is 15.7. The lowest BCUT2D eigenvalue weighted by molar-refractivity contribution is -0.137. The first-order valence-electron chi connectivity index (χ1n) is 8.45. The third-order valence-electron chi connectivity index (χ3n) is 3.56. The third-order valence-corrected chi connectivity index (χ3v) is 3.56. The van der Waals surface area contributed by atoms with E-state index in [9.17, 15) is 9.59 Å². The molecular formula is C21H20N2O4. The third kappa shape index (κ3) is 6.01. The topological polar surface area (TPSA) is 88.4 Å². The fourth-order valence-corrected chi connectivity index (χ4v) is 2.18. The van der Waals surface area contributed by atoms with Gasteiger partial charge in [-0.05, 0) is 49.8 Å². The van der Waals surface area contributed by atoms with Gasteiger partial charge in [-0.2, -0.15) is 5.26 Å². The molecule has 6 heteroatoms. The molecule has 0 fully saturated rings. The minimum Gasteiger partial charge on any atom is -0.480 e. The highest BCUT2D eigenvalue weighted by Gasteiger charge is 2.16. The van der Waals surface area contributed by atoms with Crippen LogP contribution in [-0.4, -0.2) is 24.6 Å². The van der Waals surface area contributed by atoms with Crippen molar-refractivity contribution in [2.45, 2.75) is 20.0 Å². The first-order valence-corrected chi connectivity index (χ1v) is 8.45. The molecule has 0 bridgehead atoms. The van der Waals surface area contributed by atoms with E-state index in [2.05, 4.69) is 5.32 Å². The van der Waals surface area contributed by atoms with E-state index in [4.69, 9.17) is 14.7 Å². The zero-order valence-electron chi connectivity index (χ0n) is 15.1. The highest BCUT2D eigenvalue weighted by molar-refractivity contribution is 5.94. The van der Waals surface area contributed by atoms with Crippen LogP contribution in [0, 0.1) is 11.3 Å². The Balaban J connectivity index is 1.95. The van der Waals surface area contributed by atoms with Gasteiger partial charge in [0.25, 0.3) is 5.91 Å². The standard InChI is InChI=1S/C21H20N2O4/c1-3-26-20(24)13-10-16-8-11-18(12-9-16)23-21(25)15(2)27-19-7-5-4-6-17(19)14-22/h4-13,15H,3H2,1-2H3,(H,23,25)/b13-10+. The van der Waals surface area contributed by atoms with Crippen LogP contribution >= 0.6 is 0 Å². The molecule has 1 atom stereocenters. The molecule has 0 aliphatic carbocycles.